The molecule has 3 nitrogen and oxygen atoms in total. The highest BCUT2D eigenvalue weighted by Crippen LogP contribution is 2.14. The average Bonchev–Trinajstić information content (AvgIpc) is 2.40. The van der Waals surface area contributed by atoms with E-state index in [0.717, 1.165) is 14.5 Å². The van der Waals surface area contributed by atoms with Crippen LogP contribution in [0.2, 0.25) is 0 Å². The lowest BCUT2D eigenvalue weighted by atomic mass is 10.3. The number of pyridine rings is 2. The molecule has 0 radical (unpaired) electrons. The van der Waals surface area contributed by atoms with E-state index < -0.39 is 11.9 Å². The number of alkyl halides is 1. The van der Waals surface area contributed by atoms with Crippen LogP contribution in [0.3, 0.4) is 0 Å². The SMILES string of the molecule is Fc1cc(I)c(CBr)cn1.OCc1cnc(F)cc1I. The van der Waals surface area contributed by atoms with E-state index >= 15 is 0 Å². The van der Waals surface area contributed by atoms with Crippen LogP contribution in [0.4, 0.5) is 8.78 Å². The van der Waals surface area contributed by atoms with Crippen LogP contribution in [0, 0.1) is 19.0 Å². The van der Waals surface area contributed by atoms with Crippen molar-refractivity contribution in [3.05, 3.63) is 54.7 Å². The van der Waals surface area contributed by atoms with Crippen LogP contribution in [0.15, 0.2) is 24.5 Å². The minimum Gasteiger partial charge on any atom is -0.392 e. The van der Waals surface area contributed by atoms with Gasteiger partial charge in [-0.3, -0.25) is 0 Å². The van der Waals surface area contributed by atoms with E-state index in [1.165, 1.54) is 24.5 Å². The van der Waals surface area contributed by atoms with Gasteiger partial charge in [0.25, 0.3) is 0 Å². The van der Waals surface area contributed by atoms with E-state index in [1.807, 2.05) is 22.6 Å². The number of nitrogens with zero attached hydrogens (tertiary/aromatic N) is 2. The number of aliphatic hydroxyl groups excluding tert-OH is 1. The summed E-state index contributed by atoms with van der Waals surface area (Å²) in [6.45, 7) is -0.0917. The number of halogens is 5. The van der Waals surface area contributed by atoms with Gasteiger partial charge in [-0.2, -0.15) is 8.78 Å². The molecule has 20 heavy (non-hydrogen) atoms. The Balaban J connectivity index is 0.000000200. The first-order valence-electron chi connectivity index (χ1n) is 5.24. The minimum atomic E-state index is -0.512. The maximum atomic E-state index is 12.4. The van der Waals surface area contributed by atoms with Crippen LogP contribution < -0.4 is 0 Å². The highest BCUT2D eigenvalue weighted by Gasteiger charge is 2.00. The van der Waals surface area contributed by atoms with Crippen LogP contribution in [-0.2, 0) is 11.9 Å². The van der Waals surface area contributed by atoms with Gasteiger partial charge in [0.05, 0.1) is 6.61 Å². The molecule has 2 aromatic heterocycles. The van der Waals surface area contributed by atoms with Gasteiger partial charge in [0, 0.05) is 42.6 Å². The molecule has 108 valence electrons. The Morgan fingerprint density at radius 3 is 1.80 bits per heavy atom. The molecule has 2 heterocycles. The first kappa shape index (κ1) is 18.1. The molecule has 0 saturated heterocycles. The van der Waals surface area contributed by atoms with Crippen molar-refractivity contribution in [1.29, 1.82) is 0 Å². The van der Waals surface area contributed by atoms with E-state index in [1.54, 1.807) is 0 Å². The third-order valence-corrected chi connectivity index (χ3v) is 4.72. The molecule has 0 aliphatic heterocycles. The smallest absolute Gasteiger partial charge is 0.213 e. The van der Waals surface area contributed by atoms with Gasteiger partial charge in [-0.25, -0.2) is 9.97 Å². The lowest BCUT2D eigenvalue weighted by Gasteiger charge is -1.97. The predicted octanol–water partition coefficient (Wildman–Crippen LogP) is 4.04. The maximum absolute atomic E-state index is 12.4. The molecule has 0 saturated carbocycles. The molecular weight excluding hydrogens is 560 g/mol. The zero-order valence-electron chi connectivity index (χ0n) is 9.96. The molecule has 0 aliphatic rings. The Kier molecular flexibility index (Phi) is 8.29. The second-order valence-corrected chi connectivity index (χ2v) is 6.37. The summed E-state index contributed by atoms with van der Waals surface area (Å²) in [5.74, 6) is -0.935. The zero-order valence-corrected chi connectivity index (χ0v) is 15.9. The van der Waals surface area contributed by atoms with E-state index in [0.29, 0.717) is 9.13 Å². The largest absolute Gasteiger partial charge is 0.392 e. The summed E-state index contributed by atoms with van der Waals surface area (Å²) in [6.07, 6.45) is 2.86. The molecule has 1 N–H and O–H groups in total. The Morgan fingerprint density at radius 1 is 1.00 bits per heavy atom. The van der Waals surface area contributed by atoms with Gasteiger partial charge in [0.15, 0.2) is 0 Å². The lowest BCUT2D eigenvalue weighted by molar-refractivity contribution is 0.280. The molecule has 0 amide bonds. The molecule has 0 aliphatic carbocycles. The van der Waals surface area contributed by atoms with Crippen LogP contribution in [0.25, 0.3) is 0 Å². The Bertz CT molecular complexity index is 536. The molecule has 0 atom stereocenters. The van der Waals surface area contributed by atoms with Crippen LogP contribution in [0.5, 0.6) is 0 Å². The van der Waals surface area contributed by atoms with Gasteiger partial charge in [-0.1, -0.05) is 15.9 Å². The maximum Gasteiger partial charge on any atom is 0.213 e. The minimum absolute atomic E-state index is 0.0917. The van der Waals surface area contributed by atoms with E-state index in [9.17, 15) is 8.78 Å². The Hall–Kier alpha value is 0.0600. The van der Waals surface area contributed by atoms with Crippen molar-refractivity contribution >= 4 is 61.1 Å². The number of aromatic nitrogens is 2. The Morgan fingerprint density at radius 2 is 1.45 bits per heavy atom. The second-order valence-electron chi connectivity index (χ2n) is 3.49. The van der Waals surface area contributed by atoms with Gasteiger partial charge in [0.2, 0.25) is 11.9 Å². The van der Waals surface area contributed by atoms with Gasteiger partial charge in [-0.05, 0) is 50.7 Å². The summed E-state index contributed by atoms with van der Waals surface area (Å²) in [5.41, 5.74) is 1.67. The van der Waals surface area contributed by atoms with Crippen molar-refractivity contribution in [1.82, 2.24) is 9.97 Å². The van der Waals surface area contributed by atoms with Crippen molar-refractivity contribution in [3.8, 4) is 0 Å². The van der Waals surface area contributed by atoms with Gasteiger partial charge < -0.3 is 5.11 Å². The summed E-state index contributed by atoms with van der Waals surface area (Å²) in [4.78, 5) is 6.89. The second kappa shape index (κ2) is 9.15. The van der Waals surface area contributed by atoms with E-state index in [-0.39, 0.29) is 6.61 Å². The zero-order chi connectivity index (χ0) is 15.1. The van der Waals surface area contributed by atoms with Crippen LogP contribution in [0.1, 0.15) is 11.1 Å². The molecule has 2 rings (SSSR count). The van der Waals surface area contributed by atoms with Crippen LogP contribution >= 0.6 is 61.1 Å². The number of hydrogen-bond acceptors (Lipinski definition) is 3. The quantitative estimate of drug-likeness (QED) is 0.338. The van der Waals surface area contributed by atoms with Crippen molar-refractivity contribution in [2.45, 2.75) is 11.9 Å². The van der Waals surface area contributed by atoms with Crippen molar-refractivity contribution in [2.75, 3.05) is 0 Å². The normalized spacial score (nSPS) is 9.90. The summed E-state index contributed by atoms with van der Waals surface area (Å²) in [7, 11) is 0. The van der Waals surface area contributed by atoms with Crippen molar-refractivity contribution in [2.24, 2.45) is 0 Å². The molecule has 0 fully saturated rings. The molecule has 0 bridgehead atoms. The number of rotatable bonds is 2. The highest BCUT2D eigenvalue weighted by molar-refractivity contribution is 14.1. The monoisotopic (exact) mass is 568 g/mol. The predicted molar refractivity (Wildman–Crippen MR) is 92.4 cm³/mol. The van der Waals surface area contributed by atoms with Crippen molar-refractivity contribution < 1.29 is 13.9 Å². The molecule has 0 unspecified atom stereocenters. The Labute approximate surface area is 150 Å². The number of hydrogen-bond donors (Lipinski definition) is 1. The molecule has 2 aromatic rings. The topological polar surface area (TPSA) is 46.0 Å². The summed E-state index contributed by atoms with van der Waals surface area (Å²) in [5, 5.41) is 9.36. The molecular formula is C12H9BrF2I2N2O. The first-order valence-corrected chi connectivity index (χ1v) is 8.52. The average molecular weight is 569 g/mol. The third kappa shape index (κ3) is 5.82. The summed E-state index contributed by atoms with van der Waals surface area (Å²) in [6, 6.07) is 2.70. The fourth-order valence-electron chi connectivity index (χ4n) is 1.09. The molecule has 0 spiro atoms. The summed E-state index contributed by atoms with van der Waals surface area (Å²) >= 11 is 7.29. The number of aliphatic hydroxyl groups is 1. The molecule has 0 aromatic carbocycles. The highest BCUT2D eigenvalue weighted by atomic mass is 127. The van der Waals surface area contributed by atoms with Crippen LogP contribution in [-0.4, -0.2) is 15.1 Å². The first-order chi connectivity index (χ1) is 9.47. The van der Waals surface area contributed by atoms with Gasteiger partial charge in [0.1, 0.15) is 0 Å². The van der Waals surface area contributed by atoms with Crippen molar-refractivity contribution in [3.63, 3.8) is 0 Å². The molecule has 8 heteroatoms. The van der Waals surface area contributed by atoms with E-state index in [4.69, 9.17) is 5.11 Å². The lowest BCUT2D eigenvalue weighted by Crippen LogP contribution is -1.92. The van der Waals surface area contributed by atoms with Gasteiger partial charge >= 0.3 is 0 Å². The fourth-order valence-corrected chi connectivity index (χ4v) is 3.21. The summed E-state index contributed by atoms with van der Waals surface area (Å²) < 4.78 is 26.2. The fraction of sp³-hybridized carbons (Fsp3) is 0.167. The standard InChI is InChI=1S/C6H4BrFIN.C6H5FINO/c7-2-4-3-10-6(8)1-5(4)9;7-6-1-5(8)4(3-10)2-9-6/h1,3H,2H2;1-2,10H,3H2. The van der Waals surface area contributed by atoms with Gasteiger partial charge in [-0.15, -0.1) is 0 Å². The van der Waals surface area contributed by atoms with E-state index in [2.05, 4.69) is 48.5 Å². The third-order valence-electron chi connectivity index (χ3n) is 2.11.